The minimum atomic E-state index is -2.97. The molecular weight excluding hydrogens is 841 g/mol. The van der Waals surface area contributed by atoms with Gasteiger partial charge in [-0.15, -0.1) is 0 Å². The van der Waals surface area contributed by atoms with Crippen molar-refractivity contribution < 1.29 is 18.7 Å². The highest BCUT2D eigenvalue weighted by Gasteiger charge is 2.55. The van der Waals surface area contributed by atoms with Gasteiger partial charge in [-0.3, -0.25) is 0 Å². The summed E-state index contributed by atoms with van der Waals surface area (Å²) in [6.07, 6.45) is 13.2. The van der Waals surface area contributed by atoms with Crippen LogP contribution >= 0.6 is 0 Å². The fourth-order valence-corrected chi connectivity index (χ4v) is 21.7. The van der Waals surface area contributed by atoms with Gasteiger partial charge >= 0.3 is 0 Å². The van der Waals surface area contributed by atoms with Gasteiger partial charge in [-0.25, -0.2) is 0 Å². The van der Waals surface area contributed by atoms with Crippen LogP contribution in [0, 0.1) is 17.3 Å². The second-order valence-electron chi connectivity index (χ2n) is 22.2. The summed E-state index contributed by atoms with van der Waals surface area (Å²) in [6, 6.07) is 44.2. The maximum absolute atomic E-state index is 10.9. The van der Waals surface area contributed by atoms with Crippen LogP contribution in [0.3, 0.4) is 0 Å². The van der Waals surface area contributed by atoms with Crippen molar-refractivity contribution in [1.29, 1.82) is 0 Å². The fourth-order valence-electron chi connectivity index (χ4n) is 12.3. The molecule has 3 aliphatic rings. The van der Waals surface area contributed by atoms with Gasteiger partial charge in [-0.05, 0) is 116 Å². The number of ether oxygens (including phenoxy) is 1. The van der Waals surface area contributed by atoms with Crippen LogP contribution in [0.15, 0.2) is 169 Å². The summed E-state index contributed by atoms with van der Waals surface area (Å²) in [5.74, 6) is 0.881. The Morgan fingerprint density at radius 3 is 1.64 bits per heavy atom. The van der Waals surface area contributed by atoms with E-state index in [1.807, 2.05) is 13.8 Å². The highest BCUT2D eigenvalue weighted by Crippen LogP contribution is 2.59. The zero-order chi connectivity index (χ0) is 47.4. The second-order valence-corrected chi connectivity index (χ2v) is 30.7. The van der Waals surface area contributed by atoms with Crippen molar-refractivity contribution in [3.8, 4) is 0 Å². The molecule has 0 radical (unpaired) electrons. The number of hydrogen-bond acceptors (Lipinski definition) is 4. The summed E-state index contributed by atoms with van der Waals surface area (Å²) in [7, 11) is -5.88. The van der Waals surface area contributed by atoms with Crippen LogP contribution in [-0.4, -0.2) is 52.8 Å². The smallest absolute Gasteiger partial charge is 0.261 e. The maximum atomic E-state index is 10.9. The molecule has 352 valence electrons. The molecule has 3 aliphatic carbocycles. The van der Waals surface area contributed by atoms with Crippen molar-refractivity contribution in [3.63, 3.8) is 0 Å². The molecule has 5 atom stereocenters. The fraction of sp³-hybridized carbons (Fsp3) is 0.467. The van der Waals surface area contributed by atoms with E-state index >= 15 is 0 Å². The van der Waals surface area contributed by atoms with Crippen LogP contribution < -0.4 is 20.7 Å². The van der Waals surface area contributed by atoms with Gasteiger partial charge in [-0.1, -0.05) is 215 Å². The van der Waals surface area contributed by atoms with Crippen LogP contribution in [-0.2, 0) is 13.6 Å². The molecule has 0 aromatic heterocycles. The van der Waals surface area contributed by atoms with Gasteiger partial charge in [0.2, 0.25) is 0 Å². The van der Waals surface area contributed by atoms with Crippen LogP contribution in [0.2, 0.25) is 10.1 Å². The van der Waals surface area contributed by atoms with Crippen molar-refractivity contribution in [2.75, 3.05) is 13.2 Å². The third-order valence-corrected chi connectivity index (χ3v) is 26.3. The number of rotatable bonds is 16. The zero-order valence-corrected chi connectivity index (χ0v) is 43.9. The van der Waals surface area contributed by atoms with Crippen molar-refractivity contribution >= 4 is 37.4 Å². The Labute approximate surface area is 401 Å². The highest BCUT2D eigenvalue weighted by atomic mass is 28.4. The molecule has 4 nitrogen and oxygen atoms in total. The normalized spacial score (nSPS) is 24.4. The predicted molar refractivity (Wildman–Crippen MR) is 283 cm³/mol. The van der Waals surface area contributed by atoms with Gasteiger partial charge in [0.1, 0.15) is 0 Å². The van der Waals surface area contributed by atoms with Crippen LogP contribution in [0.25, 0.3) is 0 Å². The number of aliphatic hydroxyl groups is 1. The summed E-state index contributed by atoms with van der Waals surface area (Å²) >= 11 is 0. The number of fused-ring (bicyclic) bond motifs is 1. The molecule has 66 heavy (non-hydrogen) atoms. The molecule has 3 fully saturated rings. The standard InChI is InChI=1S/C60H80O4Si2/c1-12-60(61,13-2)44-62-43-45(3)54-38-39-55-47(27-26-40-59(54,55)11)36-37-48-41-49(63-65(57(5,6)7,50-28-18-14-19-29-50)51-30-20-15-21-31-51)42-56(46(48)4)64-66(58(8,9)10,52-32-22-16-23-33-52)53-34-24-17-25-35-53/h14-25,28-37,49,54-56,61H,3-4,12-13,26-27,38-44H2,1-2,5-11H3/t49-,54-,55+,56+,59-/m1/s1. The second kappa shape index (κ2) is 20.4. The molecule has 0 bridgehead atoms. The Balaban J connectivity index is 1.30. The SMILES string of the molecule is C=C1C(=CC=C2CCC[C@]3(C)[C@@H](C(=C)COCC(O)(CC)CC)CC[C@@H]23)C[C@@H](O[Si](c2ccccc2)(c2ccccc2)C(C)(C)C)C[C@@H]1O[Si](c1ccccc1)(c1ccccc1)C(C)(C)C. The van der Waals surface area contributed by atoms with Gasteiger partial charge in [0, 0.05) is 6.42 Å². The zero-order valence-electron chi connectivity index (χ0n) is 41.9. The number of benzene rings is 4. The summed E-state index contributed by atoms with van der Waals surface area (Å²) < 4.78 is 22.3. The van der Waals surface area contributed by atoms with Crippen LogP contribution in [0.1, 0.15) is 120 Å². The van der Waals surface area contributed by atoms with Gasteiger partial charge in [0.05, 0.1) is 31.0 Å². The van der Waals surface area contributed by atoms with E-state index in [0.29, 0.717) is 37.9 Å². The summed E-state index contributed by atoms with van der Waals surface area (Å²) in [4.78, 5) is 0. The molecule has 4 aromatic rings. The Bertz CT molecular complexity index is 2220. The van der Waals surface area contributed by atoms with Gasteiger partial charge in [0.15, 0.2) is 0 Å². The predicted octanol–water partition coefficient (Wildman–Crippen LogP) is 12.4. The molecular formula is C60H80O4Si2. The summed E-state index contributed by atoms with van der Waals surface area (Å²) in [6.45, 7) is 31.3. The van der Waals surface area contributed by atoms with Crippen LogP contribution in [0.4, 0.5) is 0 Å². The van der Waals surface area contributed by atoms with E-state index in [2.05, 4.69) is 189 Å². The molecule has 0 saturated heterocycles. The lowest BCUT2D eigenvalue weighted by Crippen LogP contribution is -2.69. The topological polar surface area (TPSA) is 47.9 Å². The Morgan fingerprint density at radius 1 is 0.712 bits per heavy atom. The summed E-state index contributed by atoms with van der Waals surface area (Å²) in [5, 5.41) is 15.7. The first-order valence-corrected chi connectivity index (χ1v) is 28.9. The molecule has 0 spiro atoms. The van der Waals surface area contributed by atoms with E-state index in [0.717, 1.165) is 44.1 Å². The number of allylic oxidation sites excluding steroid dienone is 3. The lowest BCUT2D eigenvalue weighted by molar-refractivity contribution is -0.0479. The molecule has 6 heteroatoms. The third kappa shape index (κ3) is 9.84. The molecule has 0 aliphatic heterocycles. The van der Waals surface area contributed by atoms with Gasteiger partial charge < -0.3 is 18.7 Å². The molecule has 3 saturated carbocycles. The minimum Gasteiger partial charge on any atom is -0.404 e. The summed E-state index contributed by atoms with van der Waals surface area (Å²) in [5.41, 5.74) is 4.40. The first-order valence-electron chi connectivity index (χ1n) is 25.1. The largest absolute Gasteiger partial charge is 0.404 e. The first kappa shape index (κ1) is 50.0. The third-order valence-electron chi connectivity index (χ3n) is 16.2. The Morgan fingerprint density at radius 2 is 1.18 bits per heavy atom. The van der Waals surface area contributed by atoms with Crippen molar-refractivity contribution in [2.24, 2.45) is 17.3 Å². The number of hydrogen-bond donors (Lipinski definition) is 1. The molecule has 0 heterocycles. The Hall–Kier alpha value is -3.89. The van der Waals surface area contributed by atoms with Crippen LogP contribution in [0.5, 0.6) is 0 Å². The lowest BCUT2D eigenvalue weighted by atomic mass is 9.62. The average Bonchev–Trinajstić information content (AvgIpc) is 3.68. The molecule has 0 unspecified atom stereocenters. The molecule has 7 rings (SSSR count). The quantitative estimate of drug-likeness (QED) is 0.0899. The van der Waals surface area contributed by atoms with E-state index in [-0.39, 0.29) is 27.7 Å². The van der Waals surface area contributed by atoms with E-state index in [1.54, 1.807) is 5.57 Å². The average molecular weight is 921 g/mol. The van der Waals surface area contributed by atoms with Gasteiger partial charge in [0.25, 0.3) is 16.6 Å². The van der Waals surface area contributed by atoms with E-state index in [9.17, 15) is 5.11 Å². The van der Waals surface area contributed by atoms with Crippen molar-refractivity contribution in [3.05, 3.63) is 169 Å². The van der Waals surface area contributed by atoms with E-state index in [4.69, 9.17) is 20.2 Å². The molecule has 1 N–H and O–H groups in total. The minimum absolute atomic E-state index is 0.108. The van der Waals surface area contributed by atoms with E-state index in [1.165, 1.54) is 38.3 Å². The van der Waals surface area contributed by atoms with Crippen molar-refractivity contribution in [1.82, 2.24) is 0 Å². The highest BCUT2D eigenvalue weighted by molar-refractivity contribution is 7.00. The maximum Gasteiger partial charge on any atom is 0.261 e. The molecule has 0 amide bonds. The Kier molecular flexibility index (Phi) is 15.4. The first-order chi connectivity index (χ1) is 31.4. The molecule has 4 aromatic carbocycles. The monoisotopic (exact) mass is 921 g/mol. The lowest BCUT2D eigenvalue weighted by Gasteiger charge is -2.49. The van der Waals surface area contributed by atoms with Gasteiger partial charge in [-0.2, -0.15) is 0 Å². The van der Waals surface area contributed by atoms with Crippen molar-refractivity contribution in [2.45, 2.75) is 148 Å². The van der Waals surface area contributed by atoms with E-state index < -0.39 is 22.2 Å².